The van der Waals surface area contributed by atoms with Gasteiger partial charge in [0, 0.05) is 24.1 Å². The maximum Gasteiger partial charge on any atom is 0.230 e. The number of allylic oxidation sites excluding steroid dienone is 1. The Morgan fingerprint density at radius 3 is 2.70 bits per heavy atom. The van der Waals surface area contributed by atoms with Gasteiger partial charge in [-0.2, -0.15) is 20.2 Å². The standard InChI is InChI=1S/C15H15BrN6O/c1-22(2)15-20-13(19-14(18)21-15)10(8-17)6-9-7-11(16)4-5-12(9)23-3/h4-7H,1-3H3,(H2,18,19,20,21)/b10-6+. The lowest BCUT2D eigenvalue weighted by atomic mass is 10.1. The van der Waals surface area contributed by atoms with E-state index in [-0.39, 0.29) is 17.3 Å². The average molecular weight is 375 g/mol. The predicted octanol–water partition coefficient (Wildman–Crippen LogP) is 2.36. The molecule has 0 amide bonds. The zero-order valence-electron chi connectivity index (χ0n) is 12.9. The first kappa shape index (κ1) is 16.7. The average Bonchev–Trinajstić information content (AvgIpc) is 2.52. The summed E-state index contributed by atoms with van der Waals surface area (Å²) >= 11 is 3.40. The van der Waals surface area contributed by atoms with Crippen molar-refractivity contribution in [3.63, 3.8) is 0 Å². The monoisotopic (exact) mass is 374 g/mol. The van der Waals surface area contributed by atoms with Crippen LogP contribution in [-0.4, -0.2) is 36.2 Å². The van der Waals surface area contributed by atoms with Crippen molar-refractivity contribution in [2.75, 3.05) is 31.8 Å². The highest BCUT2D eigenvalue weighted by Crippen LogP contribution is 2.27. The summed E-state index contributed by atoms with van der Waals surface area (Å²) in [6.07, 6.45) is 1.65. The molecule has 0 spiro atoms. The van der Waals surface area contributed by atoms with Gasteiger partial charge in [0.15, 0.2) is 5.82 Å². The van der Waals surface area contributed by atoms with E-state index in [1.54, 1.807) is 38.2 Å². The number of nitrogen functional groups attached to an aromatic ring is 1. The van der Waals surface area contributed by atoms with Gasteiger partial charge in [0.2, 0.25) is 11.9 Å². The van der Waals surface area contributed by atoms with Gasteiger partial charge >= 0.3 is 0 Å². The highest BCUT2D eigenvalue weighted by molar-refractivity contribution is 9.10. The number of aromatic nitrogens is 3. The van der Waals surface area contributed by atoms with Crippen molar-refractivity contribution in [1.29, 1.82) is 5.26 Å². The van der Waals surface area contributed by atoms with Crippen LogP contribution in [0.25, 0.3) is 11.6 Å². The van der Waals surface area contributed by atoms with E-state index < -0.39 is 0 Å². The van der Waals surface area contributed by atoms with Crippen LogP contribution in [0.3, 0.4) is 0 Å². The Morgan fingerprint density at radius 2 is 2.09 bits per heavy atom. The zero-order chi connectivity index (χ0) is 17.0. The number of hydrogen-bond donors (Lipinski definition) is 1. The molecule has 0 fully saturated rings. The molecule has 0 bridgehead atoms. The van der Waals surface area contributed by atoms with E-state index in [1.165, 1.54) is 0 Å². The fourth-order valence-corrected chi connectivity index (χ4v) is 2.20. The van der Waals surface area contributed by atoms with Gasteiger partial charge in [-0.3, -0.25) is 0 Å². The molecular weight excluding hydrogens is 360 g/mol. The molecule has 0 atom stereocenters. The molecule has 1 aromatic heterocycles. The molecule has 0 saturated carbocycles. The number of benzene rings is 1. The van der Waals surface area contributed by atoms with Crippen molar-refractivity contribution in [2.24, 2.45) is 0 Å². The molecule has 118 valence electrons. The molecule has 0 saturated heterocycles. The van der Waals surface area contributed by atoms with Gasteiger partial charge in [-0.15, -0.1) is 0 Å². The molecule has 1 aromatic carbocycles. The first-order valence-corrected chi connectivity index (χ1v) is 7.38. The molecule has 1 heterocycles. The van der Waals surface area contributed by atoms with Gasteiger partial charge < -0.3 is 15.4 Å². The summed E-state index contributed by atoms with van der Waals surface area (Å²) < 4.78 is 6.17. The molecule has 8 heteroatoms. The second-order valence-corrected chi connectivity index (χ2v) is 5.68. The Morgan fingerprint density at radius 1 is 1.35 bits per heavy atom. The third-order valence-electron chi connectivity index (χ3n) is 2.89. The zero-order valence-corrected chi connectivity index (χ0v) is 14.5. The van der Waals surface area contributed by atoms with E-state index >= 15 is 0 Å². The second-order valence-electron chi connectivity index (χ2n) is 4.77. The number of nitriles is 1. The largest absolute Gasteiger partial charge is 0.496 e. The van der Waals surface area contributed by atoms with Crippen molar-refractivity contribution >= 4 is 39.5 Å². The molecule has 0 unspecified atom stereocenters. The van der Waals surface area contributed by atoms with E-state index in [4.69, 9.17) is 10.5 Å². The number of methoxy groups -OCH3 is 1. The van der Waals surface area contributed by atoms with E-state index in [0.717, 1.165) is 10.0 Å². The number of ether oxygens (including phenoxy) is 1. The minimum Gasteiger partial charge on any atom is -0.496 e. The van der Waals surface area contributed by atoms with Crippen molar-refractivity contribution in [3.8, 4) is 11.8 Å². The minimum absolute atomic E-state index is 0.0565. The Hall–Kier alpha value is -2.66. The van der Waals surface area contributed by atoms with Gasteiger partial charge in [-0.1, -0.05) is 15.9 Å². The van der Waals surface area contributed by atoms with Gasteiger partial charge in [0.1, 0.15) is 11.8 Å². The van der Waals surface area contributed by atoms with Gasteiger partial charge in [-0.25, -0.2) is 0 Å². The van der Waals surface area contributed by atoms with Crippen molar-refractivity contribution in [3.05, 3.63) is 34.1 Å². The Labute approximate surface area is 142 Å². The maximum atomic E-state index is 9.47. The van der Waals surface area contributed by atoms with E-state index in [9.17, 15) is 5.26 Å². The first-order chi connectivity index (χ1) is 10.9. The Balaban J connectivity index is 2.57. The smallest absolute Gasteiger partial charge is 0.230 e. The first-order valence-electron chi connectivity index (χ1n) is 6.59. The molecule has 2 aromatic rings. The summed E-state index contributed by atoms with van der Waals surface area (Å²) in [6.45, 7) is 0. The fourth-order valence-electron chi connectivity index (χ4n) is 1.82. The minimum atomic E-state index is 0.0565. The van der Waals surface area contributed by atoms with Crippen molar-refractivity contribution in [2.45, 2.75) is 0 Å². The highest BCUT2D eigenvalue weighted by Gasteiger charge is 2.12. The number of nitrogens with zero attached hydrogens (tertiary/aromatic N) is 5. The predicted molar refractivity (Wildman–Crippen MR) is 92.7 cm³/mol. The summed E-state index contributed by atoms with van der Waals surface area (Å²) in [5.74, 6) is 1.29. The van der Waals surface area contributed by atoms with Crippen LogP contribution in [0.5, 0.6) is 5.75 Å². The molecule has 0 aliphatic heterocycles. The molecule has 2 rings (SSSR count). The lowest BCUT2D eigenvalue weighted by Crippen LogP contribution is -2.15. The summed E-state index contributed by atoms with van der Waals surface area (Å²) in [5, 5.41) is 9.47. The maximum absolute atomic E-state index is 9.47. The molecule has 2 N–H and O–H groups in total. The molecule has 0 radical (unpaired) electrons. The quantitative estimate of drug-likeness (QED) is 0.819. The number of halogens is 1. The fraction of sp³-hybridized carbons (Fsp3) is 0.200. The topological polar surface area (TPSA) is 101 Å². The van der Waals surface area contributed by atoms with Crippen LogP contribution < -0.4 is 15.4 Å². The van der Waals surface area contributed by atoms with E-state index in [1.807, 2.05) is 12.1 Å². The third kappa shape index (κ3) is 3.96. The number of nitrogens with two attached hydrogens (primary N) is 1. The lowest BCUT2D eigenvalue weighted by molar-refractivity contribution is 0.414. The molecule has 23 heavy (non-hydrogen) atoms. The molecular formula is C15H15BrN6O. The van der Waals surface area contributed by atoms with E-state index in [2.05, 4.69) is 37.0 Å². The number of hydrogen-bond acceptors (Lipinski definition) is 7. The van der Waals surface area contributed by atoms with Gasteiger partial charge in [-0.05, 0) is 24.3 Å². The highest BCUT2D eigenvalue weighted by atomic mass is 79.9. The van der Waals surface area contributed by atoms with Crippen molar-refractivity contribution in [1.82, 2.24) is 15.0 Å². The molecule has 0 aliphatic carbocycles. The number of anilines is 2. The normalized spacial score (nSPS) is 11.0. The summed E-state index contributed by atoms with van der Waals surface area (Å²) in [6, 6.07) is 7.59. The van der Waals surface area contributed by atoms with Crippen LogP contribution in [0, 0.1) is 11.3 Å². The van der Waals surface area contributed by atoms with E-state index in [0.29, 0.717) is 11.7 Å². The van der Waals surface area contributed by atoms with Crippen LogP contribution in [-0.2, 0) is 0 Å². The van der Waals surface area contributed by atoms with Crippen LogP contribution in [0.4, 0.5) is 11.9 Å². The Bertz CT molecular complexity index is 797. The van der Waals surface area contributed by atoms with Crippen LogP contribution in [0.2, 0.25) is 0 Å². The van der Waals surface area contributed by atoms with Gasteiger partial charge in [0.25, 0.3) is 0 Å². The summed E-state index contributed by atoms with van der Waals surface area (Å²) in [4.78, 5) is 14.0. The lowest BCUT2D eigenvalue weighted by Gasteiger charge is -2.11. The van der Waals surface area contributed by atoms with Crippen molar-refractivity contribution < 1.29 is 4.74 Å². The SMILES string of the molecule is COc1ccc(Br)cc1/C=C(\C#N)c1nc(N)nc(N(C)C)n1. The van der Waals surface area contributed by atoms with Crippen LogP contribution in [0.15, 0.2) is 22.7 Å². The molecule has 7 nitrogen and oxygen atoms in total. The molecule has 0 aliphatic rings. The third-order valence-corrected chi connectivity index (χ3v) is 3.39. The second kappa shape index (κ2) is 7.07. The summed E-state index contributed by atoms with van der Waals surface area (Å²) in [5.41, 5.74) is 6.69. The number of rotatable bonds is 4. The van der Waals surface area contributed by atoms with Crippen LogP contribution in [0.1, 0.15) is 11.4 Å². The van der Waals surface area contributed by atoms with Gasteiger partial charge in [0.05, 0.1) is 12.7 Å². The van der Waals surface area contributed by atoms with Crippen LogP contribution >= 0.6 is 15.9 Å². The Kier molecular flexibility index (Phi) is 5.13. The summed E-state index contributed by atoms with van der Waals surface area (Å²) in [7, 11) is 5.13.